The number of carbonyl (C=O) groups excluding carboxylic acids is 1. The Morgan fingerprint density at radius 2 is 2.39 bits per heavy atom. The molecule has 1 saturated heterocycles. The number of carbonyl (C=O) groups is 1. The number of likely N-dealkylation sites (N-methyl/N-ethyl adjacent to an activating group) is 1. The second-order valence-corrected chi connectivity index (χ2v) is 6.40. The van der Waals surface area contributed by atoms with Gasteiger partial charge in [-0.15, -0.1) is 11.3 Å². The lowest BCUT2D eigenvalue weighted by molar-refractivity contribution is 0.0742. The number of likely N-dealkylation sites (tertiary alicyclic amines) is 1. The van der Waals surface area contributed by atoms with E-state index >= 15 is 0 Å². The van der Waals surface area contributed by atoms with Crippen molar-refractivity contribution in [3.8, 4) is 0 Å². The highest BCUT2D eigenvalue weighted by Crippen LogP contribution is 2.32. The van der Waals surface area contributed by atoms with E-state index in [4.69, 9.17) is 0 Å². The largest absolute Gasteiger partial charge is 0.334 e. The highest BCUT2D eigenvalue weighted by Gasteiger charge is 2.30. The van der Waals surface area contributed by atoms with Gasteiger partial charge in [-0.3, -0.25) is 4.79 Å². The van der Waals surface area contributed by atoms with Gasteiger partial charge in [-0.05, 0) is 50.8 Å². The van der Waals surface area contributed by atoms with Gasteiger partial charge in [0.2, 0.25) is 0 Å². The monoisotopic (exact) mass is 264 g/mol. The summed E-state index contributed by atoms with van der Waals surface area (Å²) in [4.78, 5) is 17.0. The highest BCUT2D eigenvalue weighted by atomic mass is 32.1. The molecule has 1 aliphatic heterocycles. The first kappa shape index (κ1) is 12.2. The van der Waals surface area contributed by atoms with Gasteiger partial charge in [0.1, 0.15) is 0 Å². The molecule has 98 valence electrons. The molecule has 2 aliphatic rings. The summed E-state index contributed by atoms with van der Waals surface area (Å²) >= 11 is 1.73. The minimum atomic E-state index is 0.257. The number of rotatable bonds is 3. The summed E-state index contributed by atoms with van der Waals surface area (Å²) in [5, 5.41) is 3.19. The fraction of sp³-hybridized carbons (Fsp3) is 0.643. The molecule has 3 rings (SSSR count). The van der Waals surface area contributed by atoms with Gasteiger partial charge in [0, 0.05) is 24.0 Å². The minimum Gasteiger partial charge on any atom is -0.334 e. The molecule has 0 spiro atoms. The van der Waals surface area contributed by atoms with Gasteiger partial charge in [0.05, 0.1) is 4.88 Å². The molecule has 0 bridgehead atoms. The second-order valence-electron chi connectivity index (χ2n) is 5.26. The van der Waals surface area contributed by atoms with Crippen LogP contribution >= 0.6 is 11.3 Å². The van der Waals surface area contributed by atoms with Gasteiger partial charge in [-0.2, -0.15) is 0 Å². The van der Waals surface area contributed by atoms with Crippen LogP contribution in [0.15, 0.2) is 6.07 Å². The Kier molecular flexibility index (Phi) is 3.39. The van der Waals surface area contributed by atoms with E-state index in [0.717, 1.165) is 30.8 Å². The summed E-state index contributed by atoms with van der Waals surface area (Å²) in [6, 6.07) is 2.53. The number of hydrogen-bond acceptors (Lipinski definition) is 3. The molecule has 0 aromatic carbocycles. The number of aryl methyl sites for hydroxylation is 2. The molecule has 2 heterocycles. The van der Waals surface area contributed by atoms with Crippen LogP contribution in [0.5, 0.6) is 0 Å². The van der Waals surface area contributed by atoms with E-state index in [2.05, 4.69) is 16.3 Å². The molecule has 1 N–H and O–H groups in total. The quantitative estimate of drug-likeness (QED) is 0.906. The fourth-order valence-corrected chi connectivity index (χ4v) is 4.34. The SMILES string of the molecule is CNCC1CCCN1C(=O)c1cc2c(s1)CCC2. The van der Waals surface area contributed by atoms with Crippen LogP contribution in [0.3, 0.4) is 0 Å². The number of thiophene rings is 1. The molecule has 1 aromatic heterocycles. The maximum Gasteiger partial charge on any atom is 0.264 e. The van der Waals surface area contributed by atoms with Crippen LogP contribution in [0.1, 0.15) is 39.4 Å². The van der Waals surface area contributed by atoms with Gasteiger partial charge < -0.3 is 10.2 Å². The van der Waals surface area contributed by atoms with Crippen molar-refractivity contribution in [1.29, 1.82) is 0 Å². The van der Waals surface area contributed by atoms with Crippen LogP contribution in [0.2, 0.25) is 0 Å². The van der Waals surface area contributed by atoms with Crippen molar-refractivity contribution < 1.29 is 4.79 Å². The molecule has 3 nitrogen and oxygen atoms in total. The molecule has 1 atom stereocenters. The number of amides is 1. The Hall–Kier alpha value is -0.870. The Bertz CT molecular complexity index is 433. The van der Waals surface area contributed by atoms with Crippen LogP contribution in [0, 0.1) is 0 Å². The zero-order valence-electron chi connectivity index (χ0n) is 10.9. The van der Waals surface area contributed by atoms with Crippen molar-refractivity contribution in [2.24, 2.45) is 0 Å². The fourth-order valence-electron chi connectivity index (χ4n) is 3.13. The molecular weight excluding hydrogens is 244 g/mol. The molecule has 1 fully saturated rings. The lowest BCUT2D eigenvalue weighted by atomic mass is 10.2. The summed E-state index contributed by atoms with van der Waals surface area (Å²) in [6.45, 7) is 1.84. The van der Waals surface area contributed by atoms with E-state index < -0.39 is 0 Å². The first-order valence-electron chi connectivity index (χ1n) is 6.86. The van der Waals surface area contributed by atoms with Crippen LogP contribution in [0.4, 0.5) is 0 Å². The average Bonchev–Trinajstić information content (AvgIpc) is 3.02. The summed E-state index contributed by atoms with van der Waals surface area (Å²) in [7, 11) is 1.96. The predicted octanol–water partition coefficient (Wildman–Crippen LogP) is 2.06. The van der Waals surface area contributed by atoms with Gasteiger partial charge >= 0.3 is 0 Å². The normalized spacial score (nSPS) is 22.5. The summed E-state index contributed by atoms with van der Waals surface area (Å²) in [5.41, 5.74) is 1.42. The summed E-state index contributed by atoms with van der Waals surface area (Å²) in [6.07, 6.45) is 5.88. The Morgan fingerprint density at radius 3 is 3.17 bits per heavy atom. The van der Waals surface area contributed by atoms with Gasteiger partial charge in [0.15, 0.2) is 0 Å². The van der Waals surface area contributed by atoms with Gasteiger partial charge in [-0.1, -0.05) is 0 Å². The zero-order valence-corrected chi connectivity index (χ0v) is 11.7. The van der Waals surface area contributed by atoms with E-state index in [0.29, 0.717) is 6.04 Å². The molecule has 1 amide bonds. The Balaban J connectivity index is 1.76. The smallest absolute Gasteiger partial charge is 0.264 e. The van der Waals surface area contributed by atoms with E-state index in [-0.39, 0.29) is 5.91 Å². The maximum absolute atomic E-state index is 12.5. The molecule has 0 saturated carbocycles. The Morgan fingerprint density at radius 1 is 1.50 bits per heavy atom. The molecule has 1 unspecified atom stereocenters. The van der Waals surface area contributed by atoms with Crippen LogP contribution in [-0.2, 0) is 12.8 Å². The molecular formula is C14H20N2OS. The summed E-state index contributed by atoms with van der Waals surface area (Å²) in [5.74, 6) is 0.257. The molecule has 1 aromatic rings. The van der Waals surface area contributed by atoms with Crippen molar-refractivity contribution in [2.75, 3.05) is 20.1 Å². The average molecular weight is 264 g/mol. The third-order valence-corrected chi connectivity index (χ3v) is 5.26. The van der Waals surface area contributed by atoms with Gasteiger partial charge in [0.25, 0.3) is 5.91 Å². The third kappa shape index (κ3) is 2.08. The molecule has 4 heteroatoms. The van der Waals surface area contributed by atoms with Crippen molar-refractivity contribution in [2.45, 2.75) is 38.1 Å². The predicted molar refractivity (Wildman–Crippen MR) is 74.3 cm³/mol. The van der Waals surface area contributed by atoms with Crippen LogP contribution in [0.25, 0.3) is 0 Å². The van der Waals surface area contributed by atoms with Crippen LogP contribution < -0.4 is 5.32 Å². The lowest BCUT2D eigenvalue weighted by Crippen LogP contribution is -2.40. The third-order valence-electron chi connectivity index (χ3n) is 4.04. The lowest BCUT2D eigenvalue weighted by Gasteiger charge is -2.23. The first-order valence-corrected chi connectivity index (χ1v) is 7.68. The molecule has 18 heavy (non-hydrogen) atoms. The summed E-state index contributed by atoms with van der Waals surface area (Å²) < 4.78 is 0. The molecule has 0 radical (unpaired) electrons. The standard InChI is InChI=1S/C14H20N2OS/c1-15-9-11-5-3-7-16(11)14(17)13-8-10-4-2-6-12(10)18-13/h8,11,15H,2-7,9H2,1H3. The second kappa shape index (κ2) is 5.02. The number of fused-ring (bicyclic) bond motifs is 1. The van der Waals surface area contributed by atoms with Crippen LogP contribution in [-0.4, -0.2) is 37.0 Å². The first-order chi connectivity index (χ1) is 8.79. The number of nitrogens with zero attached hydrogens (tertiary/aromatic N) is 1. The van der Waals surface area contributed by atoms with Gasteiger partial charge in [-0.25, -0.2) is 0 Å². The van der Waals surface area contributed by atoms with E-state index in [1.54, 1.807) is 11.3 Å². The van der Waals surface area contributed by atoms with E-state index in [1.807, 2.05) is 7.05 Å². The number of hydrogen-bond donors (Lipinski definition) is 1. The van der Waals surface area contributed by atoms with Crippen molar-refractivity contribution in [3.63, 3.8) is 0 Å². The van der Waals surface area contributed by atoms with Crippen molar-refractivity contribution in [1.82, 2.24) is 10.2 Å². The number of nitrogens with one attached hydrogen (secondary N) is 1. The maximum atomic E-state index is 12.5. The molecule has 1 aliphatic carbocycles. The Labute approximate surface area is 112 Å². The van der Waals surface area contributed by atoms with E-state index in [9.17, 15) is 4.79 Å². The van der Waals surface area contributed by atoms with Crippen molar-refractivity contribution in [3.05, 3.63) is 21.4 Å². The highest BCUT2D eigenvalue weighted by molar-refractivity contribution is 7.14. The minimum absolute atomic E-state index is 0.257. The zero-order chi connectivity index (χ0) is 12.5. The van der Waals surface area contributed by atoms with E-state index in [1.165, 1.54) is 29.7 Å². The van der Waals surface area contributed by atoms with Crippen molar-refractivity contribution >= 4 is 17.2 Å². The topological polar surface area (TPSA) is 32.3 Å².